The molecule has 3 rings (SSSR count). The fraction of sp³-hybridized carbons (Fsp3) is 0.533. The maximum Gasteiger partial charge on any atom is 0.196 e. The second kappa shape index (κ2) is 4.82. The van der Waals surface area contributed by atoms with E-state index in [1.807, 2.05) is 6.07 Å². The van der Waals surface area contributed by atoms with Crippen LogP contribution in [0.5, 0.6) is 0 Å². The molecule has 1 fully saturated rings. The van der Waals surface area contributed by atoms with Crippen molar-refractivity contribution in [3.63, 3.8) is 0 Å². The minimum absolute atomic E-state index is 0.125. The number of halogens is 1. The molecule has 0 bridgehead atoms. The van der Waals surface area contributed by atoms with Crippen LogP contribution in [0.25, 0.3) is 0 Å². The second-order valence-electron chi connectivity index (χ2n) is 5.59. The van der Waals surface area contributed by atoms with E-state index in [1.54, 1.807) is 0 Å². The number of anilines is 1. The molecule has 1 saturated carbocycles. The number of nitrogens with two attached hydrogens (primary N) is 1. The Kier molecular flexibility index (Phi) is 3.29. The number of benzene rings is 1. The number of rotatable bonds is 2. The summed E-state index contributed by atoms with van der Waals surface area (Å²) in [5.74, 6) is 1.37. The van der Waals surface area contributed by atoms with Gasteiger partial charge in [-0.1, -0.05) is 41.8 Å². The molecule has 2 unspecified atom stereocenters. The van der Waals surface area contributed by atoms with Crippen LogP contribution < -0.4 is 10.6 Å². The fourth-order valence-electron chi connectivity index (χ4n) is 3.81. The maximum atomic E-state index is 6.19. The normalized spacial score (nSPS) is 30.1. The van der Waals surface area contributed by atoms with Crippen molar-refractivity contribution < 1.29 is 0 Å². The SMILES string of the molecule is CCC1CCCC12CN=C(N)N2c1cccc(Br)c1. The van der Waals surface area contributed by atoms with Crippen molar-refractivity contribution in [3.8, 4) is 0 Å². The summed E-state index contributed by atoms with van der Waals surface area (Å²) in [5.41, 5.74) is 7.48. The molecule has 0 saturated heterocycles. The van der Waals surface area contributed by atoms with Crippen molar-refractivity contribution in [2.75, 3.05) is 11.4 Å². The highest BCUT2D eigenvalue weighted by Crippen LogP contribution is 2.46. The molecule has 1 spiro atoms. The van der Waals surface area contributed by atoms with Gasteiger partial charge in [0.1, 0.15) is 0 Å². The van der Waals surface area contributed by atoms with E-state index < -0.39 is 0 Å². The molecule has 1 heterocycles. The Morgan fingerprint density at radius 1 is 1.53 bits per heavy atom. The predicted molar refractivity (Wildman–Crippen MR) is 83.5 cm³/mol. The molecule has 2 aliphatic rings. The Balaban J connectivity index is 2.03. The van der Waals surface area contributed by atoms with Crippen LogP contribution in [-0.4, -0.2) is 18.0 Å². The van der Waals surface area contributed by atoms with E-state index in [-0.39, 0.29) is 5.54 Å². The van der Waals surface area contributed by atoms with Crippen molar-refractivity contribution in [2.45, 2.75) is 38.1 Å². The lowest BCUT2D eigenvalue weighted by molar-refractivity contribution is 0.331. The predicted octanol–water partition coefficient (Wildman–Crippen LogP) is 3.53. The van der Waals surface area contributed by atoms with E-state index in [4.69, 9.17) is 5.73 Å². The molecule has 2 atom stereocenters. The first kappa shape index (κ1) is 13.0. The van der Waals surface area contributed by atoms with E-state index in [0.29, 0.717) is 11.9 Å². The zero-order valence-electron chi connectivity index (χ0n) is 11.3. The first-order valence-corrected chi connectivity index (χ1v) is 7.82. The monoisotopic (exact) mass is 321 g/mol. The average molecular weight is 322 g/mol. The molecule has 1 aromatic rings. The molecule has 3 nitrogen and oxygen atoms in total. The number of hydrogen-bond donors (Lipinski definition) is 1. The molecule has 0 aromatic heterocycles. The summed E-state index contributed by atoms with van der Waals surface area (Å²) in [6.07, 6.45) is 4.98. The fourth-order valence-corrected chi connectivity index (χ4v) is 4.19. The lowest BCUT2D eigenvalue weighted by atomic mass is 9.84. The van der Waals surface area contributed by atoms with Gasteiger partial charge < -0.3 is 10.6 Å². The average Bonchev–Trinajstić information content (AvgIpc) is 2.95. The zero-order valence-corrected chi connectivity index (χ0v) is 12.9. The minimum atomic E-state index is 0.125. The van der Waals surface area contributed by atoms with Crippen LogP contribution in [0.15, 0.2) is 33.7 Å². The lowest BCUT2D eigenvalue weighted by Crippen LogP contribution is -2.54. The summed E-state index contributed by atoms with van der Waals surface area (Å²) in [4.78, 5) is 6.85. The largest absolute Gasteiger partial charge is 0.369 e. The third-order valence-corrected chi connectivity index (χ3v) is 5.16. The van der Waals surface area contributed by atoms with Gasteiger partial charge in [0, 0.05) is 10.2 Å². The van der Waals surface area contributed by atoms with Gasteiger partial charge in [-0.2, -0.15) is 0 Å². The summed E-state index contributed by atoms with van der Waals surface area (Å²) in [7, 11) is 0. The smallest absolute Gasteiger partial charge is 0.196 e. The molecule has 102 valence electrons. The van der Waals surface area contributed by atoms with Crippen LogP contribution in [0, 0.1) is 5.92 Å². The number of hydrogen-bond acceptors (Lipinski definition) is 3. The van der Waals surface area contributed by atoms with E-state index in [2.05, 4.69) is 50.9 Å². The van der Waals surface area contributed by atoms with Crippen LogP contribution in [0.2, 0.25) is 0 Å². The Bertz CT molecular complexity index is 514. The quantitative estimate of drug-likeness (QED) is 0.905. The maximum absolute atomic E-state index is 6.19. The van der Waals surface area contributed by atoms with Crippen LogP contribution in [0.1, 0.15) is 32.6 Å². The molecule has 0 radical (unpaired) electrons. The van der Waals surface area contributed by atoms with Gasteiger partial charge in [0.25, 0.3) is 0 Å². The van der Waals surface area contributed by atoms with Gasteiger partial charge >= 0.3 is 0 Å². The highest BCUT2D eigenvalue weighted by Gasteiger charge is 2.50. The third kappa shape index (κ3) is 1.97. The molecule has 1 aromatic carbocycles. The summed E-state index contributed by atoms with van der Waals surface area (Å²) in [6, 6.07) is 8.38. The standard InChI is InChI=1S/C15H20BrN3/c1-2-11-5-4-8-15(11)10-18-14(17)19(15)13-7-3-6-12(16)9-13/h3,6-7,9,11H,2,4-5,8,10H2,1H3,(H2,17,18). The molecule has 1 aliphatic carbocycles. The van der Waals surface area contributed by atoms with E-state index in [1.165, 1.54) is 25.7 Å². The zero-order chi connectivity index (χ0) is 13.5. The van der Waals surface area contributed by atoms with Crippen molar-refractivity contribution in [3.05, 3.63) is 28.7 Å². The summed E-state index contributed by atoms with van der Waals surface area (Å²) in [5, 5.41) is 0. The van der Waals surface area contributed by atoms with Crippen LogP contribution in [0.4, 0.5) is 5.69 Å². The van der Waals surface area contributed by atoms with Gasteiger partial charge in [0.05, 0.1) is 12.1 Å². The number of aliphatic imine (C=N–C) groups is 1. The second-order valence-corrected chi connectivity index (χ2v) is 6.51. The number of guanidine groups is 1. The van der Waals surface area contributed by atoms with Crippen molar-refractivity contribution in [1.82, 2.24) is 0 Å². The molecular weight excluding hydrogens is 302 g/mol. The Morgan fingerprint density at radius 2 is 2.37 bits per heavy atom. The molecule has 4 heteroatoms. The highest BCUT2D eigenvalue weighted by atomic mass is 79.9. The van der Waals surface area contributed by atoms with Gasteiger partial charge in [-0.05, 0) is 37.0 Å². The highest BCUT2D eigenvalue weighted by molar-refractivity contribution is 9.10. The Labute approximate surface area is 123 Å². The first-order valence-electron chi connectivity index (χ1n) is 7.03. The van der Waals surface area contributed by atoms with E-state index in [0.717, 1.165) is 16.7 Å². The van der Waals surface area contributed by atoms with Gasteiger partial charge in [0.15, 0.2) is 5.96 Å². The minimum Gasteiger partial charge on any atom is -0.369 e. The molecular formula is C15H20BrN3. The topological polar surface area (TPSA) is 41.6 Å². The molecule has 1 aliphatic heterocycles. The molecule has 0 amide bonds. The first-order chi connectivity index (χ1) is 9.17. The van der Waals surface area contributed by atoms with E-state index >= 15 is 0 Å². The lowest BCUT2D eigenvalue weighted by Gasteiger charge is -2.40. The molecule has 2 N–H and O–H groups in total. The van der Waals surface area contributed by atoms with Crippen LogP contribution in [0.3, 0.4) is 0 Å². The summed E-state index contributed by atoms with van der Waals surface area (Å²) < 4.78 is 1.09. The summed E-state index contributed by atoms with van der Waals surface area (Å²) >= 11 is 3.55. The van der Waals surface area contributed by atoms with Gasteiger partial charge in [-0.3, -0.25) is 4.99 Å². The van der Waals surface area contributed by atoms with Crippen molar-refractivity contribution in [2.24, 2.45) is 16.6 Å². The van der Waals surface area contributed by atoms with Crippen LogP contribution in [-0.2, 0) is 0 Å². The third-order valence-electron chi connectivity index (χ3n) is 4.67. The summed E-state index contributed by atoms with van der Waals surface area (Å²) in [6.45, 7) is 3.13. The van der Waals surface area contributed by atoms with Gasteiger partial charge in [-0.25, -0.2) is 0 Å². The Hall–Kier alpha value is -1.03. The number of nitrogens with zero attached hydrogens (tertiary/aromatic N) is 2. The Morgan fingerprint density at radius 3 is 3.11 bits per heavy atom. The van der Waals surface area contributed by atoms with Crippen molar-refractivity contribution in [1.29, 1.82) is 0 Å². The van der Waals surface area contributed by atoms with Crippen LogP contribution >= 0.6 is 15.9 Å². The van der Waals surface area contributed by atoms with E-state index in [9.17, 15) is 0 Å². The van der Waals surface area contributed by atoms with Gasteiger partial charge in [0.2, 0.25) is 0 Å². The van der Waals surface area contributed by atoms with Crippen molar-refractivity contribution >= 4 is 27.6 Å². The van der Waals surface area contributed by atoms with Gasteiger partial charge in [-0.15, -0.1) is 0 Å². The molecule has 19 heavy (non-hydrogen) atoms.